The minimum atomic E-state index is 0. The van der Waals surface area contributed by atoms with Gasteiger partial charge in [-0.2, -0.15) is 0 Å². The van der Waals surface area contributed by atoms with Gasteiger partial charge in [0.05, 0.1) is 11.0 Å². The zero-order chi connectivity index (χ0) is 13.4. The molecule has 102 valence electrons. The lowest BCUT2D eigenvalue weighted by molar-refractivity contribution is 1.49. The quantitative estimate of drug-likeness (QED) is 0.483. The average molecular weight is 272 g/mol. The molecule has 4 rings (SSSR count). The maximum Gasteiger partial charge on any atom is 0.0715 e. The van der Waals surface area contributed by atoms with Crippen LogP contribution in [0.5, 0.6) is 0 Å². The van der Waals surface area contributed by atoms with Crippen LogP contribution < -0.4 is 6.15 Å². The Hall–Kier alpha value is -2.71. The summed E-state index contributed by atoms with van der Waals surface area (Å²) in [7, 11) is 0. The molecule has 0 amide bonds. The van der Waals surface area contributed by atoms with Crippen molar-refractivity contribution in [2.45, 2.75) is 0 Å². The molecule has 2 heteroatoms. The second-order valence-electron chi connectivity index (χ2n) is 4.92. The predicted octanol–water partition coefficient (Wildman–Crippen LogP) is 5.22. The highest BCUT2D eigenvalue weighted by molar-refractivity contribution is 6.00. The second kappa shape index (κ2) is 5.35. The highest BCUT2D eigenvalue weighted by atomic mass is 14.7. The third-order valence-electron chi connectivity index (χ3n) is 3.65. The van der Waals surface area contributed by atoms with Gasteiger partial charge in [0.15, 0.2) is 0 Å². The van der Waals surface area contributed by atoms with Crippen molar-refractivity contribution in [3.63, 3.8) is 0 Å². The Morgan fingerprint density at radius 1 is 0.619 bits per heavy atom. The molecule has 3 aromatic carbocycles. The van der Waals surface area contributed by atoms with Crippen LogP contribution in [0.2, 0.25) is 0 Å². The minimum absolute atomic E-state index is 0. The lowest BCUT2D eigenvalue weighted by Crippen LogP contribution is -1.85. The summed E-state index contributed by atoms with van der Waals surface area (Å²) in [4.78, 5) is 4.76. The van der Waals surface area contributed by atoms with E-state index < -0.39 is 0 Å². The second-order valence-corrected chi connectivity index (χ2v) is 4.92. The van der Waals surface area contributed by atoms with E-state index in [4.69, 9.17) is 4.98 Å². The van der Waals surface area contributed by atoms with Gasteiger partial charge < -0.3 is 6.15 Å². The van der Waals surface area contributed by atoms with Crippen LogP contribution in [-0.4, -0.2) is 4.98 Å². The number of hydrogen-bond acceptors (Lipinski definition) is 2. The first-order chi connectivity index (χ1) is 9.92. The van der Waals surface area contributed by atoms with E-state index in [2.05, 4.69) is 66.7 Å². The van der Waals surface area contributed by atoms with E-state index >= 15 is 0 Å². The van der Waals surface area contributed by atoms with Crippen LogP contribution in [0.3, 0.4) is 0 Å². The van der Waals surface area contributed by atoms with E-state index in [9.17, 15) is 0 Å². The van der Waals surface area contributed by atoms with Crippen molar-refractivity contribution in [3.8, 4) is 11.1 Å². The molecule has 0 aliphatic rings. The molecule has 0 atom stereocenters. The predicted molar refractivity (Wildman–Crippen MR) is 89.7 cm³/mol. The summed E-state index contributed by atoms with van der Waals surface area (Å²) in [5, 5.41) is 2.39. The maximum atomic E-state index is 4.76. The molecule has 1 aromatic heterocycles. The van der Waals surface area contributed by atoms with Gasteiger partial charge in [-0.15, -0.1) is 0 Å². The largest absolute Gasteiger partial charge is 0.344 e. The Labute approximate surface area is 123 Å². The molecule has 0 bridgehead atoms. The van der Waals surface area contributed by atoms with E-state index in [1.54, 1.807) is 0 Å². The van der Waals surface area contributed by atoms with Crippen LogP contribution in [0.1, 0.15) is 0 Å². The summed E-state index contributed by atoms with van der Waals surface area (Å²) >= 11 is 0. The molecule has 0 aliphatic carbocycles. The van der Waals surface area contributed by atoms with Gasteiger partial charge in [-0.25, -0.2) is 4.98 Å². The van der Waals surface area contributed by atoms with Gasteiger partial charge in [-0.3, -0.25) is 0 Å². The lowest BCUT2D eigenvalue weighted by Gasteiger charge is -2.08. The minimum Gasteiger partial charge on any atom is -0.344 e. The summed E-state index contributed by atoms with van der Waals surface area (Å²) < 4.78 is 0. The number of fused-ring (bicyclic) bond motifs is 2. The molecule has 4 aromatic rings. The van der Waals surface area contributed by atoms with Crippen molar-refractivity contribution >= 4 is 21.8 Å². The summed E-state index contributed by atoms with van der Waals surface area (Å²) in [5.74, 6) is 0. The third-order valence-corrected chi connectivity index (χ3v) is 3.65. The monoisotopic (exact) mass is 272 g/mol. The van der Waals surface area contributed by atoms with Gasteiger partial charge in [0.2, 0.25) is 0 Å². The number of pyridine rings is 1. The van der Waals surface area contributed by atoms with E-state index in [-0.39, 0.29) is 6.15 Å². The Kier molecular flexibility index (Phi) is 3.38. The van der Waals surface area contributed by atoms with Gasteiger partial charge in [0, 0.05) is 10.8 Å². The molecule has 1 heterocycles. The first kappa shape index (κ1) is 13.3. The zero-order valence-electron chi connectivity index (χ0n) is 11.7. The van der Waals surface area contributed by atoms with Crippen LogP contribution >= 0.6 is 0 Å². The summed E-state index contributed by atoms with van der Waals surface area (Å²) in [6.45, 7) is 0. The molecule has 0 unspecified atom stereocenters. The molecular formula is C19H16N2. The number of rotatable bonds is 1. The zero-order valence-corrected chi connectivity index (χ0v) is 11.7. The van der Waals surface area contributed by atoms with Crippen LogP contribution in [0.15, 0.2) is 78.9 Å². The standard InChI is InChI=1S/C19H13N.H3N/c1-2-7-14(8-3-1)16-10-6-12-19-17(16)13-15-9-4-5-11-18(15)20-19;/h1-13H;1H3. The fraction of sp³-hybridized carbons (Fsp3) is 0. The maximum absolute atomic E-state index is 4.76. The van der Waals surface area contributed by atoms with Gasteiger partial charge in [-0.05, 0) is 29.3 Å². The van der Waals surface area contributed by atoms with Crippen molar-refractivity contribution in [3.05, 3.63) is 78.9 Å². The molecule has 0 spiro atoms. The number of aromatic nitrogens is 1. The van der Waals surface area contributed by atoms with Crippen LogP contribution in [-0.2, 0) is 0 Å². The highest BCUT2D eigenvalue weighted by Crippen LogP contribution is 2.29. The normalized spacial score (nSPS) is 10.5. The Bertz CT molecular complexity index is 899. The molecule has 0 aliphatic heterocycles. The Morgan fingerprint density at radius 2 is 1.33 bits per heavy atom. The van der Waals surface area contributed by atoms with Crippen molar-refractivity contribution in [2.75, 3.05) is 0 Å². The lowest BCUT2D eigenvalue weighted by atomic mass is 9.99. The number of benzene rings is 3. The Balaban J connectivity index is 0.00000132. The molecule has 0 fully saturated rings. The molecule has 0 saturated carbocycles. The van der Waals surface area contributed by atoms with Crippen LogP contribution in [0.4, 0.5) is 0 Å². The fourth-order valence-corrected chi connectivity index (χ4v) is 2.67. The first-order valence-corrected chi connectivity index (χ1v) is 6.76. The molecular weight excluding hydrogens is 256 g/mol. The van der Waals surface area contributed by atoms with Gasteiger partial charge >= 0.3 is 0 Å². The molecule has 2 nitrogen and oxygen atoms in total. The van der Waals surface area contributed by atoms with Crippen molar-refractivity contribution < 1.29 is 0 Å². The highest BCUT2D eigenvalue weighted by Gasteiger charge is 2.05. The van der Waals surface area contributed by atoms with Gasteiger partial charge in [0.25, 0.3) is 0 Å². The molecule has 0 saturated heterocycles. The third kappa shape index (κ3) is 2.26. The van der Waals surface area contributed by atoms with Crippen molar-refractivity contribution in [1.29, 1.82) is 0 Å². The number of para-hydroxylation sites is 1. The summed E-state index contributed by atoms with van der Waals surface area (Å²) in [6, 6.07) is 27.3. The van der Waals surface area contributed by atoms with E-state index in [1.807, 2.05) is 12.1 Å². The van der Waals surface area contributed by atoms with E-state index in [0.717, 1.165) is 11.0 Å². The Morgan fingerprint density at radius 3 is 2.19 bits per heavy atom. The van der Waals surface area contributed by atoms with Gasteiger partial charge in [0.1, 0.15) is 0 Å². The fourth-order valence-electron chi connectivity index (χ4n) is 2.67. The molecule has 21 heavy (non-hydrogen) atoms. The first-order valence-electron chi connectivity index (χ1n) is 6.76. The summed E-state index contributed by atoms with van der Waals surface area (Å²) in [5.41, 5.74) is 4.56. The van der Waals surface area contributed by atoms with Crippen LogP contribution in [0.25, 0.3) is 32.9 Å². The van der Waals surface area contributed by atoms with Gasteiger partial charge in [-0.1, -0.05) is 60.7 Å². The van der Waals surface area contributed by atoms with Crippen molar-refractivity contribution in [1.82, 2.24) is 11.1 Å². The number of nitrogens with zero attached hydrogens (tertiary/aromatic N) is 1. The van der Waals surface area contributed by atoms with E-state index in [0.29, 0.717) is 0 Å². The topological polar surface area (TPSA) is 47.9 Å². The molecule has 0 radical (unpaired) electrons. The van der Waals surface area contributed by atoms with Crippen molar-refractivity contribution in [2.24, 2.45) is 0 Å². The number of hydrogen-bond donors (Lipinski definition) is 1. The molecule has 3 N–H and O–H groups in total. The summed E-state index contributed by atoms with van der Waals surface area (Å²) in [6.07, 6.45) is 0. The SMILES string of the molecule is N.c1ccc(-c2cccc3nc4ccccc4cc23)cc1. The average Bonchev–Trinajstić information content (AvgIpc) is 2.53. The smallest absolute Gasteiger partial charge is 0.0715 e. The van der Waals surface area contributed by atoms with E-state index in [1.165, 1.54) is 21.9 Å². The van der Waals surface area contributed by atoms with Crippen LogP contribution in [0, 0.1) is 0 Å².